The summed E-state index contributed by atoms with van der Waals surface area (Å²) in [5.41, 5.74) is 3.08. The van der Waals surface area contributed by atoms with Gasteiger partial charge in [-0.25, -0.2) is 13.6 Å². The monoisotopic (exact) mass is 600 g/mol. The zero-order valence-corrected chi connectivity index (χ0v) is 25.6. The summed E-state index contributed by atoms with van der Waals surface area (Å²) >= 11 is 1.85. The van der Waals surface area contributed by atoms with Crippen molar-refractivity contribution in [1.29, 1.82) is 0 Å². The zero-order valence-electron chi connectivity index (χ0n) is 24.8. The van der Waals surface area contributed by atoms with Crippen molar-refractivity contribution in [3.05, 3.63) is 143 Å². The number of amides is 1. The third-order valence-electron chi connectivity index (χ3n) is 7.59. The predicted octanol–water partition coefficient (Wildman–Crippen LogP) is 8.16. The van der Waals surface area contributed by atoms with Gasteiger partial charge in [0.1, 0.15) is 17.2 Å². The molecule has 1 fully saturated rings. The van der Waals surface area contributed by atoms with E-state index < -0.39 is 22.0 Å². The molecule has 0 bridgehead atoms. The third kappa shape index (κ3) is 7.28. The second kappa shape index (κ2) is 13.3. The average Bonchev–Trinajstić information content (AvgIpc) is 3.41. The summed E-state index contributed by atoms with van der Waals surface area (Å²) in [5.74, 6) is -0.943. The van der Waals surface area contributed by atoms with Crippen molar-refractivity contribution in [2.24, 2.45) is 0 Å². The molecule has 1 N–H and O–H groups in total. The van der Waals surface area contributed by atoms with E-state index in [0.29, 0.717) is 19.5 Å². The molecule has 1 amide bonds. The first-order chi connectivity index (χ1) is 20.7. The number of benzene rings is 4. The van der Waals surface area contributed by atoms with Gasteiger partial charge in [-0.15, -0.1) is 11.8 Å². The van der Waals surface area contributed by atoms with E-state index in [1.807, 2.05) is 50.7 Å². The molecule has 4 aromatic carbocycles. The van der Waals surface area contributed by atoms with E-state index in [0.717, 1.165) is 28.8 Å². The lowest BCUT2D eigenvalue weighted by Crippen LogP contribution is -2.44. The van der Waals surface area contributed by atoms with Crippen LogP contribution in [0, 0.1) is 11.6 Å². The maximum Gasteiger partial charge on any atom is 0.410 e. The molecule has 0 saturated carbocycles. The van der Waals surface area contributed by atoms with Gasteiger partial charge in [-0.05, 0) is 62.1 Å². The van der Waals surface area contributed by atoms with Crippen LogP contribution in [0.3, 0.4) is 0 Å². The summed E-state index contributed by atoms with van der Waals surface area (Å²) in [7, 11) is 0. The number of halogens is 2. The highest BCUT2D eigenvalue weighted by Gasteiger charge is 2.44. The molecule has 1 aliphatic heterocycles. The van der Waals surface area contributed by atoms with Crippen LogP contribution in [0.15, 0.2) is 109 Å². The highest BCUT2D eigenvalue weighted by atomic mass is 32.2. The van der Waals surface area contributed by atoms with Crippen LogP contribution in [0.4, 0.5) is 13.6 Å². The Morgan fingerprint density at radius 1 is 0.860 bits per heavy atom. The van der Waals surface area contributed by atoms with Gasteiger partial charge in [0.25, 0.3) is 0 Å². The molecule has 4 nitrogen and oxygen atoms in total. The van der Waals surface area contributed by atoms with Crippen LogP contribution >= 0.6 is 11.8 Å². The Morgan fingerprint density at radius 3 is 1.91 bits per heavy atom. The van der Waals surface area contributed by atoms with Crippen LogP contribution in [0.5, 0.6) is 0 Å². The van der Waals surface area contributed by atoms with E-state index >= 15 is 0 Å². The molecule has 224 valence electrons. The second-order valence-electron chi connectivity index (χ2n) is 11.9. The number of hydrogen-bond acceptors (Lipinski definition) is 4. The van der Waals surface area contributed by atoms with Gasteiger partial charge in [0.05, 0.1) is 4.75 Å². The molecule has 1 heterocycles. The predicted molar refractivity (Wildman–Crippen MR) is 170 cm³/mol. The molecule has 0 unspecified atom stereocenters. The van der Waals surface area contributed by atoms with Crippen molar-refractivity contribution in [1.82, 2.24) is 10.2 Å². The van der Waals surface area contributed by atoms with Crippen LogP contribution in [-0.2, 0) is 16.0 Å². The fourth-order valence-electron chi connectivity index (χ4n) is 5.72. The molecule has 1 saturated heterocycles. The fraction of sp³-hybridized carbons (Fsp3) is 0.306. The Bertz CT molecular complexity index is 1400. The molecule has 7 heteroatoms. The number of nitrogens with zero attached hydrogens (tertiary/aromatic N) is 1. The Hall–Kier alpha value is -3.68. The number of thioether (sulfide) groups is 1. The summed E-state index contributed by atoms with van der Waals surface area (Å²) in [6.07, 6.45) is 0.334. The van der Waals surface area contributed by atoms with Gasteiger partial charge in [-0.3, -0.25) is 0 Å². The Kier molecular flexibility index (Phi) is 9.52. The number of carbonyl (C=O) groups excluding carboxylic acids is 1. The molecule has 1 aliphatic rings. The molecule has 0 aromatic heterocycles. The molecule has 0 aliphatic carbocycles. The number of likely N-dealkylation sites (tertiary alicyclic amines) is 1. The third-order valence-corrected chi connectivity index (χ3v) is 9.33. The van der Waals surface area contributed by atoms with E-state index in [-0.39, 0.29) is 29.5 Å². The van der Waals surface area contributed by atoms with Crippen molar-refractivity contribution >= 4 is 17.9 Å². The van der Waals surface area contributed by atoms with Crippen molar-refractivity contribution in [2.75, 3.05) is 13.1 Å². The van der Waals surface area contributed by atoms with E-state index in [1.54, 1.807) is 4.90 Å². The van der Waals surface area contributed by atoms with Gasteiger partial charge in [-0.1, -0.05) is 91.0 Å². The van der Waals surface area contributed by atoms with Gasteiger partial charge in [0.2, 0.25) is 0 Å². The second-order valence-corrected chi connectivity index (χ2v) is 13.4. The Labute approximate surface area is 257 Å². The average molecular weight is 601 g/mol. The van der Waals surface area contributed by atoms with Crippen LogP contribution < -0.4 is 5.32 Å². The van der Waals surface area contributed by atoms with Crippen LogP contribution in [0.2, 0.25) is 0 Å². The van der Waals surface area contributed by atoms with Crippen LogP contribution in [0.1, 0.15) is 49.4 Å². The fourth-order valence-corrected chi connectivity index (χ4v) is 7.59. The molecule has 0 radical (unpaired) electrons. The van der Waals surface area contributed by atoms with Crippen LogP contribution in [-0.4, -0.2) is 41.0 Å². The van der Waals surface area contributed by atoms with Crippen molar-refractivity contribution < 1.29 is 18.3 Å². The van der Waals surface area contributed by atoms with Crippen LogP contribution in [0.25, 0.3) is 0 Å². The molecule has 2 atom stereocenters. The lowest BCUT2D eigenvalue weighted by molar-refractivity contribution is 0.0227. The number of carbonyl (C=O) groups is 1. The highest BCUT2D eigenvalue weighted by molar-refractivity contribution is 8.01. The minimum Gasteiger partial charge on any atom is -0.444 e. The Morgan fingerprint density at radius 2 is 1.40 bits per heavy atom. The quantitative estimate of drug-likeness (QED) is 0.197. The van der Waals surface area contributed by atoms with E-state index in [4.69, 9.17) is 4.74 Å². The van der Waals surface area contributed by atoms with E-state index in [9.17, 15) is 13.6 Å². The summed E-state index contributed by atoms with van der Waals surface area (Å²) in [4.78, 5) is 15.3. The number of rotatable bonds is 9. The first kappa shape index (κ1) is 30.8. The summed E-state index contributed by atoms with van der Waals surface area (Å²) in [6.45, 7) is 6.65. The largest absolute Gasteiger partial charge is 0.444 e. The summed E-state index contributed by atoms with van der Waals surface area (Å²) < 4.78 is 33.4. The van der Waals surface area contributed by atoms with Gasteiger partial charge in [-0.2, -0.15) is 0 Å². The van der Waals surface area contributed by atoms with E-state index in [2.05, 4.69) is 78.1 Å². The lowest BCUT2D eigenvalue weighted by atomic mass is 9.84. The zero-order chi connectivity index (χ0) is 30.5. The topological polar surface area (TPSA) is 41.6 Å². The molecular weight excluding hydrogens is 562 g/mol. The minimum absolute atomic E-state index is 0.0610. The van der Waals surface area contributed by atoms with E-state index in [1.165, 1.54) is 6.07 Å². The normalized spacial score (nSPS) is 17.2. The Balaban J connectivity index is 1.47. The molecule has 4 aromatic rings. The van der Waals surface area contributed by atoms with Crippen molar-refractivity contribution in [3.8, 4) is 0 Å². The maximum absolute atomic E-state index is 14.3. The molecule has 5 rings (SSSR count). The lowest BCUT2D eigenvalue weighted by Gasteiger charge is -2.37. The van der Waals surface area contributed by atoms with Gasteiger partial charge < -0.3 is 15.0 Å². The van der Waals surface area contributed by atoms with Gasteiger partial charge >= 0.3 is 6.09 Å². The smallest absolute Gasteiger partial charge is 0.410 e. The molecule has 0 spiro atoms. The SMILES string of the molecule is CC(C)(C)OC(=O)N1C[C@H](SC(c2ccccc2)(c2ccccc2)c2ccccc2)C[C@H]1CNCc1cc(F)ccc1F. The summed E-state index contributed by atoms with van der Waals surface area (Å²) in [5, 5.41) is 3.33. The standard InChI is InChI=1S/C36H38F2N2O2S/c1-35(2,3)42-34(41)40-25-32(22-31(40)24-39-23-26-21-30(37)19-20-33(26)38)43-36(27-13-7-4-8-14-27,28-15-9-5-10-16-28)29-17-11-6-12-18-29/h4-21,31-32,39H,22-25H2,1-3H3/t31-,32+/m0/s1. The first-order valence-electron chi connectivity index (χ1n) is 14.6. The van der Waals surface area contributed by atoms with Gasteiger partial charge in [0.15, 0.2) is 0 Å². The molecular formula is C36H38F2N2O2S. The first-order valence-corrected chi connectivity index (χ1v) is 15.5. The minimum atomic E-state index is -0.646. The molecule has 43 heavy (non-hydrogen) atoms. The number of hydrogen-bond donors (Lipinski definition) is 1. The number of ether oxygens (including phenoxy) is 1. The van der Waals surface area contributed by atoms with Gasteiger partial charge in [0, 0.05) is 36.5 Å². The number of nitrogens with one attached hydrogen (secondary N) is 1. The van der Waals surface area contributed by atoms with Crippen molar-refractivity contribution in [3.63, 3.8) is 0 Å². The maximum atomic E-state index is 14.3. The summed E-state index contributed by atoms with van der Waals surface area (Å²) in [6, 6.07) is 34.7. The van der Waals surface area contributed by atoms with Crippen molar-refractivity contribution in [2.45, 2.75) is 55.4 Å². The highest BCUT2D eigenvalue weighted by Crippen LogP contribution is 2.52.